The summed E-state index contributed by atoms with van der Waals surface area (Å²) < 4.78 is 17.2. The van der Waals surface area contributed by atoms with Crippen LogP contribution in [0.2, 0.25) is 0 Å². The summed E-state index contributed by atoms with van der Waals surface area (Å²) in [5.41, 5.74) is 0.150. The van der Waals surface area contributed by atoms with Crippen LogP contribution in [-0.2, 0) is 0 Å². The van der Waals surface area contributed by atoms with Crippen molar-refractivity contribution in [1.29, 1.82) is 0 Å². The molecule has 1 aromatic rings. The van der Waals surface area contributed by atoms with Crippen LogP contribution in [0, 0.1) is 5.82 Å². The molecule has 0 saturated heterocycles. The molecule has 0 aliphatic rings. The van der Waals surface area contributed by atoms with Gasteiger partial charge in [0.15, 0.2) is 5.82 Å². The fraction of sp³-hybridized carbons (Fsp3) is 0. The average molecular weight is 184 g/mol. The standard InChI is InChI=1S/C7H6BFO4/c9-6-3-5(4-10)1-2-7(6)13-8(11)12/h1-4,11-12H. The van der Waals surface area contributed by atoms with Gasteiger partial charge in [-0.15, -0.1) is 0 Å². The molecule has 0 unspecified atom stereocenters. The van der Waals surface area contributed by atoms with Gasteiger partial charge in [0.1, 0.15) is 12.0 Å². The van der Waals surface area contributed by atoms with Crippen LogP contribution < -0.4 is 4.65 Å². The third-order valence-corrected chi connectivity index (χ3v) is 1.32. The smallest absolute Gasteiger partial charge is 0.510 e. The van der Waals surface area contributed by atoms with Gasteiger partial charge in [0.05, 0.1) is 0 Å². The fourth-order valence-corrected chi connectivity index (χ4v) is 0.800. The van der Waals surface area contributed by atoms with Crippen LogP contribution in [0.3, 0.4) is 0 Å². The van der Waals surface area contributed by atoms with E-state index in [9.17, 15) is 9.18 Å². The largest absolute Gasteiger partial charge is 0.707 e. The molecule has 0 atom stereocenters. The minimum Gasteiger partial charge on any atom is -0.510 e. The molecule has 1 rings (SSSR count). The third kappa shape index (κ3) is 2.53. The first-order chi connectivity index (χ1) is 6.13. The summed E-state index contributed by atoms with van der Waals surface area (Å²) in [5, 5.41) is 16.7. The maximum absolute atomic E-state index is 12.9. The summed E-state index contributed by atoms with van der Waals surface area (Å²) in [6, 6.07) is 3.37. The third-order valence-electron chi connectivity index (χ3n) is 1.32. The van der Waals surface area contributed by atoms with Gasteiger partial charge in [-0.1, -0.05) is 0 Å². The minimum absolute atomic E-state index is 0.150. The molecular weight excluding hydrogens is 178 g/mol. The van der Waals surface area contributed by atoms with E-state index < -0.39 is 13.1 Å². The zero-order valence-corrected chi connectivity index (χ0v) is 6.48. The van der Waals surface area contributed by atoms with Crippen molar-refractivity contribution in [2.24, 2.45) is 0 Å². The van der Waals surface area contributed by atoms with Gasteiger partial charge in [-0.05, 0) is 18.2 Å². The number of rotatable bonds is 3. The maximum Gasteiger partial charge on any atom is 0.707 e. The van der Waals surface area contributed by atoms with Crippen molar-refractivity contribution in [3.05, 3.63) is 29.6 Å². The van der Waals surface area contributed by atoms with Crippen LogP contribution in [0.25, 0.3) is 0 Å². The number of carbonyl (C=O) groups excluding carboxylic acids is 1. The van der Waals surface area contributed by atoms with Gasteiger partial charge in [0, 0.05) is 5.56 Å². The Morgan fingerprint density at radius 2 is 2.15 bits per heavy atom. The van der Waals surface area contributed by atoms with Gasteiger partial charge in [-0.25, -0.2) is 4.39 Å². The zero-order chi connectivity index (χ0) is 9.84. The lowest BCUT2D eigenvalue weighted by Gasteiger charge is -2.05. The zero-order valence-electron chi connectivity index (χ0n) is 6.48. The quantitative estimate of drug-likeness (QED) is 0.511. The Morgan fingerprint density at radius 1 is 1.46 bits per heavy atom. The molecule has 1 aromatic carbocycles. The van der Waals surface area contributed by atoms with Crippen LogP contribution >= 0.6 is 0 Å². The lowest BCUT2D eigenvalue weighted by Crippen LogP contribution is -2.21. The monoisotopic (exact) mass is 184 g/mol. The molecule has 0 aromatic heterocycles. The van der Waals surface area contributed by atoms with Gasteiger partial charge in [0.2, 0.25) is 0 Å². The first kappa shape index (κ1) is 9.69. The molecule has 0 fully saturated rings. The summed E-state index contributed by atoms with van der Waals surface area (Å²) >= 11 is 0. The Kier molecular flexibility index (Phi) is 3.00. The first-order valence-electron chi connectivity index (χ1n) is 3.41. The highest BCUT2D eigenvalue weighted by atomic mass is 19.1. The van der Waals surface area contributed by atoms with E-state index >= 15 is 0 Å². The molecule has 0 aliphatic carbocycles. The number of halogens is 1. The van der Waals surface area contributed by atoms with E-state index in [1.165, 1.54) is 6.07 Å². The Hall–Kier alpha value is -1.40. The predicted molar refractivity (Wildman–Crippen MR) is 42.6 cm³/mol. The molecule has 0 heterocycles. The van der Waals surface area contributed by atoms with Gasteiger partial charge in [-0.2, -0.15) is 0 Å². The molecule has 0 bridgehead atoms. The maximum atomic E-state index is 12.9. The number of aldehydes is 1. The molecule has 4 nitrogen and oxygen atoms in total. The second-order valence-corrected chi connectivity index (χ2v) is 2.25. The van der Waals surface area contributed by atoms with Crippen molar-refractivity contribution in [3.63, 3.8) is 0 Å². The summed E-state index contributed by atoms with van der Waals surface area (Å²) in [7, 11) is -2.07. The van der Waals surface area contributed by atoms with Crippen molar-refractivity contribution >= 4 is 13.6 Å². The molecular formula is C7H6BFO4. The Balaban J connectivity index is 2.91. The normalized spacial score (nSPS) is 9.46. The van der Waals surface area contributed by atoms with Crippen LogP contribution in [0.1, 0.15) is 10.4 Å². The molecule has 6 heteroatoms. The van der Waals surface area contributed by atoms with Gasteiger partial charge in [0.25, 0.3) is 0 Å². The van der Waals surface area contributed by atoms with E-state index in [0.29, 0.717) is 6.29 Å². The Bertz CT molecular complexity index is 315. The minimum atomic E-state index is -2.07. The number of hydrogen-bond acceptors (Lipinski definition) is 4. The van der Waals surface area contributed by atoms with Crippen molar-refractivity contribution in [1.82, 2.24) is 0 Å². The summed E-state index contributed by atoms with van der Waals surface area (Å²) in [4.78, 5) is 10.2. The molecule has 0 radical (unpaired) electrons. The highest BCUT2D eigenvalue weighted by Gasteiger charge is 2.14. The number of carbonyl (C=O) groups is 1. The van der Waals surface area contributed by atoms with Crippen LogP contribution in [-0.4, -0.2) is 23.7 Å². The van der Waals surface area contributed by atoms with Crippen molar-refractivity contribution in [2.75, 3.05) is 0 Å². The van der Waals surface area contributed by atoms with Crippen LogP contribution in [0.15, 0.2) is 18.2 Å². The van der Waals surface area contributed by atoms with E-state index in [1.807, 2.05) is 0 Å². The van der Waals surface area contributed by atoms with Crippen molar-refractivity contribution in [2.45, 2.75) is 0 Å². The summed E-state index contributed by atoms with van der Waals surface area (Å²) in [6.45, 7) is 0. The highest BCUT2D eigenvalue weighted by molar-refractivity contribution is 6.33. The van der Waals surface area contributed by atoms with E-state index in [4.69, 9.17) is 10.0 Å². The SMILES string of the molecule is O=Cc1ccc(OB(O)O)c(F)c1. The van der Waals surface area contributed by atoms with Crippen molar-refractivity contribution < 1.29 is 23.9 Å². The first-order valence-corrected chi connectivity index (χ1v) is 3.41. The molecule has 13 heavy (non-hydrogen) atoms. The molecule has 0 spiro atoms. The van der Waals surface area contributed by atoms with Crippen LogP contribution in [0.5, 0.6) is 5.75 Å². The van der Waals surface area contributed by atoms with Gasteiger partial charge >= 0.3 is 7.32 Å². The number of hydrogen-bond donors (Lipinski definition) is 2. The lowest BCUT2D eigenvalue weighted by molar-refractivity contribution is 0.112. The predicted octanol–water partition coefficient (Wildman–Crippen LogP) is -0.0135. The topological polar surface area (TPSA) is 66.8 Å². The highest BCUT2D eigenvalue weighted by Crippen LogP contribution is 2.17. The molecule has 2 N–H and O–H groups in total. The molecule has 0 aliphatic heterocycles. The van der Waals surface area contributed by atoms with Gasteiger partial charge < -0.3 is 14.7 Å². The molecule has 68 valence electrons. The second-order valence-electron chi connectivity index (χ2n) is 2.25. The fourth-order valence-electron chi connectivity index (χ4n) is 0.800. The summed E-state index contributed by atoms with van der Waals surface area (Å²) in [5.74, 6) is -1.14. The van der Waals surface area contributed by atoms with Crippen molar-refractivity contribution in [3.8, 4) is 5.75 Å². The molecule has 0 saturated carbocycles. The van der Waals surface area contributed by atoms with Crippen LogP contribution in [0.4, 0.5) is 4.39 Å². The summed E-state index contributed by atoms with van der Waals surface area (Å²) in [6.07, 6.45) is 0.474. The Morgan fingerprint density at radius 3 is 2.62 bits per heavy atom. The van der Waals surface area contributed by atoms with E-state index in [1.54, 1.807) is 0 Å². The van der Waals surface area contributed by atoms with E-state index in [2.05, 4.69) is 4.65 Å². The molecule has 0 amide bonds. The van der Waals surface area contributed by atoms with E-state index in [-0.39, 0.29) is 11.3 Å². The van der Waals surface area contributed by atoms with Gasteiger partial charge in [-0.3, -0.25) is 4.79 Å². The lowest BCUT2D eigenvalue weighted by atomic mass is 10.2. The number of benzene rings is 1. The van der Waals surface area contributed by atoms with E-state index in [0.717, 1.165) is 12.1 Å². The second kappa shape index (κ2) is 4.02. The Labute approximate surface area is 73.8 Å². The average Bonchev–Trinajstić information content (AvgIpc) is 2.08.